The Kier molecular flexibility index (Phi) is 2.35. The Labute approximate surface area is 72.5 Å². The molecule has 0 aromatic heterocycles. The molecule has 1 heteroatoms. The molecule has 0 aliphatic carbocycles. The van der Waals surface area contributed by atoms with E-state index in [9.17, 15) is 0 Å². The summed E-state index contributed by atoms with van der Waals surface area (Å²) in [7, 11) is 0. The van der Waals surface area contributed by atoms with Gasteiger partial charge in [-0.25, -0.2) is 0 Å². The minimum atomic E-state index is 0.789. The molecule has 1 aromatic carbocycles. The second-order valence-corrected chi connectivity index (χ2v) is 3.17. The van der Waals surface area contributed by atoms with Crippen LogP contribution in [0.1, 0.15) is 18.1 Å². The Morgan fingerprint density at radius 2 is 2.09 bits per heavy atom. The lowest BCUT2D eigenvalue weighted by Gasteiger charge is -2.02. The average Bonchev–Trinajstić information content (AvgIpc) is 1.85. The lowest BCUT2D eigenvalue weighted by atomic mass is 10.1. The molecule has 0 saturated heterocycles. The van der Waals surface area contributed by atoms with E-state index in [2.05, 4.69) is 6.58 Å². The smallest absolute Gasteiger partial charge is 0.0483 e. The molecular weight excluding hydrogens is 156 g/mol. The van der Waals surface area contributed by atoms with Crippen molar-refractivity contribution >= 4 is 17.2 Å². The number of halogens is 1. The maximum absolute atomic E-state index is 5.96. The molecule has 0 saturated carbocycles. The van der Waals surface area contributed by atoms with E-state index >= 15 is 0 Å². The Balaban J connectivity index is 3.20. The first kappa shape index (κ1) is 8.35. The molecule has 0 amide bonds. The van der Waals surface area contributed by atoms with Gasteiger partial charge in [0.15, 0.2) is 0 Å². The number of aryl methyl sites for hydroxylation is 1. The third-order valence-corrected chi connectivity index (χ3v) is 1.90. The summed E-state index contributed by atoms with van der Waals surface area (Å²) in [6.45, 7) is 7.81. The second-order valence-electron chi connectivity index (χ2n) is 2.76. The van der Waals surface area contributed by atoms with Gasteiger partial charge in [0, 0.05) is 5.02 Å². The molecular formula is C10H11Cl. The van der Waals surface area contributed by atoms with Gasteiger partial charge in [-0.05, 0) is 36.6 Å². The van der Waals surface area contributed by atoms with Crippen LogP contribution in [0, 0.1) is 6.92 Å². The summed E-state index contributed by atoms with van der Waals surface area (Å²) in [4.78, 5) is 0. The highest BCUT2D eigenvalue weighted by atomic mass is 35.5. The molecule has 0 bridgehead atoms. The number of hydrogen-bond donors (Lipinski definition) is 0. The zero-order valence-electron chi connectivity index (χ0n) is 6.82. The Morgan fingerprint density at radius 3 is 2.55 bits per heavy atom. The van der Waals surface area contributed by atoms with E-state index in [0.717, 1.165) is 16.2 Å². The number of benzene rings is 1. The predicted octanol–water partition coefficient (Wildman–Crippen LogP) is 3.68. The van der Waals surface area contributed by atoms with Gasteiger partial charge in [0.2, 0.25) is 0 Å². The van der Waals surface area contributed by atoms with Crippen molar-refractivity contribution in [3.8, 4) is 0 Å². The summed E-state index contributed by atoms with van der Waals surface area (Å²) in [5.41, 5.74) is 3.23. The number of rotatable bonds is 1. The standard InChI is InChI=1S/C10H11Cl/c1-7(2)9-5-4-8(3)6-10(9)11/h4-6H,1H2,2-3H3. The van der Waals surface area contributed by atoms with E-state index in [-0.39, 0.29) is 0 Å². The quantitative estimate of drug-likeness (QED) is 0.597. The molecule has 11 heavy (non-hydrogen) atoms. The maximum Gasteiger partial charge on any atom is 0.0483 e. The van der Waals surface area contributed by atoms with Gasteiger partial charge in [-0.2, -0.15) is 0 Å². The third-order valence-electron chi connectivity index (χ3n) is 1.58. The average molecular weight is 167 g/mol. The van der Waals surface area contributed by atoms with Crippen molar-refractivity contribution in [2.24, 2.45) is 0 Å². The molecule has 0 heterocycles. The van der Waals surface area contributed by atoms with E-state index < -0.39 is 0 Å². The zero-order chi connectivity index (χ0) is 8.43. The van der Waals surface area contributed by atoms with Crippen LogP contribution in [0.15, 0.2) is 24.8 Å². The van der Waals surface area contributed by atoms with Crippen molar-refractivity contribution in [1.82, 2.24) is 0 Å². The van der Waals surface area contributed by atoms with Crippen molar-refractivity contribution in [3.63, 3.8) is 0 Å². The van der Waals surface area contributed by atoms with Crippen LogP contribution >= 0.6 is 11.6 Å². The van der Waals surface area contributed by atoms with Crippen molar-refractivity contribution in [3.05, 3.63) is 40.9 Å². The highest BCUT2D eigenvalue weighted by molar-refractivity contribution is 6.32. The van der Waals surface area contributed by atoms with Crippen LogP contribution in [0.4, 0.5) is 0 Å². The minimum Gasteiger partial charge on any atom is -0.0955 e. The predicted molar refractivity (Wildman–Crippen MR) is 50.9 cm³/mol. The molecule has 1 rings (SSSR count). The first-order valence-electron chi connectivity index (χ1n) is 3.53. The van der Waals surface area contributed by atoms with Gasteiger partial charge in [0.1, 0.15) is 0 Å². The van der Waals surface area contributed by atoms with E-state index in [0.29, 0.717) is 0 Å². The van der Waals surface area contributed by atoms with E-state index in [1.807, 2.05) is 32.0 Å². The topological polar surface area (TPSA) is 0 Å². The van der Waals surface area contributed by atoms with Gasteiger partial charge in [0.05, 0.1) is 0 Å². The van der Waals surface area contributed by atoms with Crippen molar-refractivity contribution in [2.75, 3.05) is 0 Å². The van der Waals surface area contributed by atoms with Gasteiger partial charge < -0.3 is 0 Å². The van der Waals surface area contributed by atoms with Gasteiger partial charge in [0.25, 0.3) is 0 Å². The molecule has 0 spiro atoms. The second kappa shape index (κ2) is 3.10. The van der Waals surface area contributed by atoms with Crippen LogP contribution in [0.25, 0.3) is 5.57 Å². The van der Waals surface area contributed by atoms with Crippen LogP contribution in [-0.2, 0) is 0 Å². The van der Waals surface area contributed by atoms with Crippen LogP contribution in [0.2, 0.25) is 5.02 Å². The van der Waals surface area contributed by atoms with E-state index in [1.54, 1.807) is 0 Å². The van der Waals surface area contributed by atoms with E-state index in [4.69, 9.17) is 11.6 Å². The molecule has 0 fully saturated rings. The largest absolute Gasteiger partial charge is 0.0955 e. The van der Waals surface area contributed by atoms with E-state index in [1.165, 1.54) is 5.56 Å². The van der Waals surface area contributed by atoms with Crippen LogP contribution in [0.5, 0.6) is 0 Å². The summed E-state index contributed by atoms with van der Waals surface area (Å²) in [5.74, 6) is 0. The van der Waals surface area contributed by atoms with Crippen molar-refractivity contribution in [2.45, 2.75) is 13.8 Å². The van der Waals surface area contributed by atoms with Gasteiger partial charge >= 0.3 is 0 Å². The zero-order valence-corrected chi connectivity index (χ0v) is 7.57. The van der Waals surface area contributed by atoms with Gasteiger partial charge in [-0.15, -0.1) is 0 Å². The summed E-state index contributed by atoms with van der Waals surface area (Å²) in [6.07, 6.45) is 0. The summed E-state index contributed by atoms with van der Waals surface area (Å²) in [5, 5.41) is 0.789. The monoisotopic (exact) mass is 166 g/mol. The third kappa shape index (κ3) is 1.84. The first-order valence-corrected chi connectivity index (χ1v) is 3.91. The molecule has 0 radical (unpaired) electrons. The molecule has 0 N–H and O–H groups in total. The van der Waals surface area contributed by atoms with Crippen LogP contribution in [0.3, 0.4) is 0 Å². The number of allylic oxidation sites excluding steroid dienone is 1. The summed E-state index contributed by atoms with van der Waals surface area (Å²) < 4.78 is 0. The lowest BCUT2D eigenvalue weighted by Crippen LogP contribution is -1.80. The van der Waals surface area contributed by atoms with Crippen LogP contribution in [-0.4, -0.2) is 0 Å². The lowest BCUT2D eigenvalue weighted by molar-refractivity contribution is 1.45. The first-order chi connectivity index (χ1) is 5.11. The molecule has 0 unspecified atom stereocenters. The Bertz CT molecular complexity index is 287. The van der Waals surface area contributed by atoms with Gasteiger partial charge in [-0.1, -0.05) is 30.3 Å². The highest BCUT2D eigenvalue weighted by Crippen LogP contribution is 2.22. The molecule has 0 atom stereocenters. The van der Waals surface area contributed by atoms with Crippen LogP contribution < -0.4 is 0 Å². The number of hydrogen-bond acceptors (Lipinski definition) is 0. The van der Waals surface area contributed by atoms with Crippen molar-refractivity contribution < 1.29 is 0 Å². The normalized spacial score (nSPS) is 9.73. The highest BCUT2D eigenvalue weighted by Gasteiger charge is 1.99. The Hall–Kier alpha value is -0.750. The molecule has 0 aliphatic rings. The molecule has 58 valence electrons. The summed E-state index contributed by atoms with van der Waals surface area (Å²) >= 11 is 5.96. The fourth-order valence-corrected chi connectivity index (χ4v) is 1.36. The fourth-order valence-electron chi connectivity index (χ4n) is 0.966. The molecule has 0 aliphatic heterocycles. The fraction of sp³-hybridized carbons (Fsp3) is 0.200. The summed E-state index contributed by atoms with van der Waals surface area (Å²) in [6, 6.07) is 5.99. The Morgan fingerprint density at radius 1 is 1.45 bits per heavy atom. The maximum atomic E-state index is 5.96. The van der Waals surface area contributed by atoms with Gasteiger partial charge in [-0.3, -0.25) is 0 Å². The minimum absolute atomic E-state index is 0.789. The molecule has 1 aromatic rings. The van der Waals surface area contributed by atoms with Crippen molar-refractivity contribution in [1.29, 1.82) is 0 Å². The molecule has 0 nitrogen and oxygen atoms in total. The SMILES string of the molecule is C=C(C)c1ccc(C)cc1Cl.